The van der Waals surface area contributed by atoms with E-state index in [2.05, 4.69) is 10.3 Å². The number of amides is 1. The molecule has 0 aromatic carbocycles. The Morgan fingerprint density at radius 1 is 1.48 bits per heavy atom. The van der Waals surface area contributed by atoms with E-state index in [1.165, 1.54) is 0 Å². The van der Waals surface area contributed by atoms with Crippen molar-refractivity contribution in [3.05, 3.63) is 36.0 Å². The maximum Gasteiger partial charge on any atom is 0.478 e. The molecule has 2 unspecified atom stereocenters. The van der Waals surface area contributed by atoms with Gasteiger partial charge in [-0.05, 0) is 18.6 Å². The molecule has 2 atom stereocenters. The van der Waals surface area contributed by atoms with Crippen LogP contribution in [0.25, 0.3) is 0 Å². The SMILES string of the molecule is Nc1cccc(CC(=O)NC2CC=CC(CC(=O)O)OB2O)n1. The summed E-state index contributed by atoms with van der Waals surface area (Å²) in [7, 11) is -1.29. The highest BCUT2D eigenvalue weighted by Gasteiger charge is 2.32. The van der Waals surface area contributed by atoms with Gasteiger partial charge in [-0.1, -0.05) is 18.2 Å². The van der Waals surface area contributed by atoms with Crippen LogP contribution in [-0.4, -0.2) is 46.2 Å². The van der Waals surface area contributed by atoms with Gasteiger partial charge >= 0.3 is 13.1 Å². The van der Waals surface area contributed by atoms with E-state index in [-0.39, 0.29) is 18.7 Å². The molecule has 1 aromatic heterocycles. The highest BCUT2D eigenvalue weighted by molar-refractivity contribution is 6.45. The van der Waals surface area contributed by atoms with E-state index in [9.17, 15) is 14.6 Å². The molecule has 9 heteroatoms. The number of carboxylic acid groups (broad SMARTS) is 1. The van der Waals surface area contributed by atoms with Crippen molar-refractivity contribution < 1.29 is 24.4 Å². The molecule has 23 heavy (non-hydrogen) atoms. The molecule has 5 N–H and O–H groups in total. The fourth-order valence-electron chi connectivity index (χ4n) is 2.25. The van der Waals surface area contributed by atoms with Crippen molar-refractivity contribution in [2.45, 2.75) is 31.3 Å². The second kappa shape index (κ2) is 7.75. The monoisotopic (exact) mass is 319 g/mol. The molecule has 0 aliphatic carbocycles. The lowest BCUT2D eigenvalue weighted by Crippen LogP contribution is -2.48. The lowest BCUT2D eigenvalue weighted by Gasteiger charge is -2.20. The minimum absolute atomic E-state index is 0.0243. The van der Waals surface area contributed by atoms with E-state index in [0.29, 0.717) is 17.9 Å². The Hall–Kier alpha value is -2.39. The van der Waals surface area contributed by atoms with Gasteiger partial charge in [0.2, 0.25) is 5.91 Å². The number of rotatable bonds is 5. The summed E-state index contributed by atoms with van der Waals surface area (Å²) >= 11 is 0. The van der Waals surface area contributed by atoms with Crippen LogP contribution in [-0.2, 0) is 20.7 Å². The standard InChI is InChI=1S/C14H18BN3O5/c16-12-6-1-3-9(17-12)7-13(19)18-11-5-2-4-10(8-14(20)21)23-15(11)22/h1-4,6,10-11,22H,5,7-8H2,(H2,16,17)(H,18,19)(H,20,21). The Morgan fingerprint density at radius 2 is 2.26 bits per heavy atom. The third kappa shape index (κ3) is 5.39. The summed E-state index contributed by atoms with van der Waals surface area (Å²) in [4.78, 5) is 26.8. The number of nitrogens with two attached hydrogens (primary N) is 1. The van der Waals surface area contributed by atoms with Crippen LogP contribution >= 0.6 is 0 Å². The van der Waals surface area contributed by atoms with Gasteiger partial charge in [0.15, 0.2) is 0 Å². The van der Waals surface area contributed by atoms with Crippen molar-refractivity contribution in [3.8, 4) is 0 Å². The van der Waals surface area contributed by atoms with Crippen molar-refractivity contribution in [1.82, 2.24) is 10.3 Å². The van der Waals surface area contributed by atoms with Crippen LogP contribution in [0, 0.1) is 0 Å². The molecule has 8 nitrogen and oxygen atoms in total. The Labute approximate surface area is 133 Å². The maximum absolute atomic E-state index is 12.0. The first-order valence-electron chi connectivity index (χ1n) is 7.17. The van der Waals surface area contributed by atoms with Gasteiger partial charge in [0, 0.05) is 0 Å². The van der Waals surface area contributed by atoms with E-state index in [0.717, 1.165) is 0 Å². The minimum Gasteiger partial charge on any atom is -0.481 e. The molecule has 0 fully saturated rings. The molecule has 0 radical (unpaired) electrons. The molecule has 2 heterocycles. The molecule has 0 saturated heterocycles. The summed E-state index contributed by atoms with van der Waals surface area (Å²) in [6.07, 6.45) is 2.65. The van der Waals surface area contributed by atoms with E-state index in [4.69, 9.17) is 15.5 Å². The first-order chi connectivity index (χ1) is 10.9. The molecule has 2 rings (SSSR count). The van der Waals surface area contributed by atoms with Gasteiger partial charge in [-0.3, -0.25) is 9.59 Å². The Bertz CT molecular complexity index is 610. The average Bonchev–Trinajstić information content (AvgIpc) is 2.60. The van der Waals surface area contributed by atoms with Crippen LogP contribution in [0.5, 0.6) is 0 Å². The first-order valence-corrected chi connectivity index (χ1v) is 7.17. The van der Waals surface area contributed by atoms with E-state index in [1.807, 2.05) is 0 Å². The maximum atomic E-state index is 12.0. The summed E-state index contributed by atoms with van der Waals surface area (Å²) < 4.78 is 5.24. The van der Waals surface area contributed by atoms with E-state index >= 15 is 0 Å². The number of carbonyl (C=O) groups is 2. The predicted molar refractivity (Wildman–Crippen MR) is 83.1 cm³/mol. The summed E-state index contributed by atoms with van der Waals surface area (Å²) in [5, 5.41) is 21.4. The van der Waals surface area contributed by atoms with Gasteiger partial charge in [-0.25, -0.2) is 4.98 Å². The van der Waals surface area contributed by atoms with Crippen molar-refractivity contribution >= 4 is 24.8 Å². The van der Waals surface area contributed by atoms with E-state index < -0.39 is 25.1 Å². The number of hydrogen-bond acceptors (Lipinski definition) is 6. The largest absolute Gasteiger partial charge is 0.481 e. The lowest BCUT2D eigenvalue weighted by molar-refractivity contribution is -0.138. The Balaban J connectivity index is 1.90. The summed E-state index contributed by atoms with van der Waals surface area (Å²) in [5.41, 5.74) is 6.08. The van der Waals surface area contributed by atoms with Crippen molar-refractivity contribution in [2.75, 3.05) is 5.73 Å². The molecular weight excluding hydrogens is 301 g/mol. The third-order valence-electron chi connectivity index (χ3n) is 3.29. The second-order valence-electron chi connectivity index (χ2n) is 5.23. The second-order valence-corrected chi connectivity index (χ2v) is 5.23. The number of pyridine rings is 1. The van der Waals surface area contributed by atoms with Crippen molar-refractivity contribution in [1.29, 1.82) is 0 Å². The quantitative estimate of drug-likeness (QED) is 0.425. The fraction of sp³-hybridized carbons (Fsp3) is 0.357. The molecule has 122 valence electrons. The normalized spacial score (nSPS) is 20.8. The van der Waals surface area contributed by atoms with Crippen molar-refractivity contribution in [2.24, 2.45) is 0 Å². The molecule has 1 aliphatic heterocycles. The Morgan fingerprint density at radius 3 is 2.96 bits per heavy atom. The first kappa shape index (κ1) is 17.0. The number of carboxylic acids is 1. The topological polar surface area (TPSA) is 135 Å². The number of anilines is 1. The molecular formula is C14H18BN3O5. The van der Waals surface area contributed by atoms with E-state index in [1.54, 1.807) is 30.4 Å². The smallest absolute Gasteiger partial charge is 0.478 e. The van der Waals surface area contributed by atoms with Gasteiger partial charge in [-0.15, -0.1) is 0 Å². The van der Waals surface area contributed by atoms with Gasteiger partial charge in [-0.2, -0.15) is 0 Å². The molecule has 0 spiro atoms. The molecule has 0 bridgehead atoms. The summed E-state index contributed by atoms with van der Waals surface area (Å²) in [6.45, 7) is 0. The van der Waals surface area contributed by atoms with Gasteiger partial charge in [0.05, 0.1) is 30.6 Å². The fourth-order valence-corrected chi connectivity index (χ4v) is 2.25. The number of aliphatic carboxylic acids is 1. The number of nitrogens with zero attached hydrogens (tertiary/aromatic N) is 1. The van der Waals surface area contributed by atoms with Gasteiger partial charge < -0.3 is 25.8 Å². The van der Waals surface area contributed by atoms with Crippen LogP contribution in [0.3, 0.4) is 0 Å². The highest BCUT2D eigenvalue weighted by Crippen LogP contribution is 2.12. The zero-order chi connectivity index (χ0) is 16.8. The molecule has 0 saturated carbocycles. The molecule has 1 aliphatic rings. The van der Waals surface area contributed by atoms with Gasteiger partial charge in [0.1, 0.15) is 5.82 Å². The van der Waals surface area contributed by atoms with Crippen molar-refractivity contribution in [3.63, 3.8) is 0 Å². The van der Waals surface area contributed by atoms with Crippen LogP contribution in [0.2, 0.25) is 0 Å². The number of hydrogen-bond donors (Lipinski definition) is 4. The zero-order valence-corrected chi connectivity index (χ0v) is 12.4. The number of carbonyl (C=O) groups excluding carboxylic acids is 1. The number of nitrogens with one attached hydrogen (secondary N) is 1. The number of nitrogen functional groups attached to an aromatic ring is 1. The van der Waals surface area contributed by atoms with Crippen LogP contribution in [0.4, 0.5) is 5.82 Å². The summed E-state index contributed by atoms with van der Waals surface area (Å²) in [5.74, 6) is -1.69. The highest BCUT2D eigenvalue weighted by atomic mass is 16.5. The minimum atomic E-state index is -1.29. The average molecular weight is 319 g/mol. The van der Waals surface area contributed by atoms with Crippen LogP contribution in [0.1, 0.15) is 18.5 Å². The number of aromatic nitrogens is 1. The van der Waals surface area contributed by atoms with Gasteiger partial charge in [0.25, 0.3) is 0 Å². The van der Waals surface area contributed by atoms with Crippen LogP contribution < -0.4 is 11.1 Å². The zero-order valence-electron chi connectivity index (χ0n) is 12.4. The third-order valence-corrected chi connectivity index (χ3v) is 3.29. The molecule has 1 amide bonds. The Kier molecular flexibility index (Phi) is 5.72. The van der Waals surface area contributed by atoms with Crippen LogP contribution in [0.15, 0.2) is 30.4 Å². The lowest BCUT2D eigenvalue weighted by atomic mass is 9.77. The molecule has 1 aromatic rings. The summed E-state index contributed by atoms with van der Waals surface area (Å²) in [6, 6.07) is 5.00. The predicted octanol–water partition coefficient (Wildman–Crippen LogP) is -0.469.